The van der Waals surface area contributed by atoms with Gasteiger partial charge in [0.05, 0.1) is 16.7 Å². The molecule has 0 saturated carbocycles. The lowest BCUT2D eigenvalue weighted by molar-refractivity contribution is -0.0436. The fraction of sp³-hybridized carbons (Fsp3) is 0.426. The molecule has 1 aliphatic heterocycles. The number of allylic oxidation sites excluding steroid dienone is 1. The lowest BCUT2D eigenvalue weighted by Gasteiger charge is -2.39. The van der Waals surface area contributed by atoms with Gasteiger partial charge >= 0.3 is 13.1 Å². The summed E-state index contributed by atoms with van der Waals surface area (Å²) in [5.41, 5.74) is -1.26. The van der Waals surface area contributed by atoms with E-state index in [9.17, 15) is 39.4 Å². The van der Waals surface area contributed by atoms with E-state index in [0.29, 0.717) is 43.8 Å². The SMILES string of the molecule is CC1(C)CCC(c2ccc(Cl)cc2)=C(CN2CCN(c3ccc(C(=O)NS(=O)(=O)c4ccc(N[C@H](CCNCCNCCP(=O)(O)O)CSc5ccccc5)c(S(=O)(=O)C(F)(F)F)c4)cc3)CC2)C1. The zero-order valence-electron chi connectivity index (χ0n) is 38.3. The molecule has 1 fully saturated rings. The minimum absolute atomic E-state index is 0.0340. The number of alkyl halides is 3. The van der Waals surface area contributed by atoms with Gasteiger partial charge in [0.15, 0.2) is 0 Å². The Hall–Kier alpha value is -3.95. The van der Waals surface area contributed by atoms with Gasteiger partial charge < -0.3 is 30.6 Å². The molecule has 6 rings (SSSR count). The predicted octanol–water partition coefficient (Wildman–Crippen LogP) is 7.86. The number of benzene rings is 4. The molecule has 22 heteroatoms. The van der Waals surface area contributed by atoms with Gasteiger partial charge in [0.25, 0.3) is 25.8 Å². The van der Waals surface area contributed by atoms with Gasteiger partial charge in [-0.05, 0) is 116 Å². The van der Waals surface area contributed by atoms with E-state index in [4.69, 9.17) is 21.4 Å². The Morgan fingerprint density at radius 3 is 2.16 bits per heavy atom. The Balaban J connectivity index is 1.10. The lowest BCUT2D eigenvalue weighted by atomic mass is 9.73. The minimum atomic E-state index is -6.12. The third-order valence-electron chi connectivity index (χ3n) is 12.0. The van der Waals surface area contributed by atoms with Crippen LogP contribution in [0.25, 0.3) is 5.57 Å². The number of thioether (sulfide) groups is 1. The van der Waals surface area contributed by atoms with Crippen molar-refractivity contribution < 1.29 is 49.2 Å². The molecule has 0 bridgehead atoms. The summed E-state index contributed by atoms with van der Waals surface area (Å²) in [4.78, 5) is 34.7. The maximum atomic E-state index is 14.2. The van der Waals surface area contributed by atoms with Crippen molar-refractivity contribution in [2.75, 3.05) is 81.0 Å². The molecule has 1 amide bonds. The summed E-state index contributed by atoms with van der Waals surface area (Å²) in [6.45, 7) is 9.66. The smallest absolute Gasteiger partial charge is 0.380 e. The zero-order valence-corrected chi connectivity index (χ0v) is 42.4. The van der Waals surface area contributed by atoms with Gasteiger partial charge in [0.1, 0.15) is 4.90 Å². The number of rotatable bonds is 22. The number of piperazine rings is 1. The lowest BCUT2D eigenvalue weighted by Crippen LogP contribution is -2.47. The summed E-state index contributed by atoms with van der Waals surface area (Å²) in [7, 11) is -15.2. The Labute approximate surface area is 412 Å². The number of carbonyl (C=O) groups excluding carboxylic acids is 1. The number of hydrogen-bond acceptors (Lipinski definition) is 12. The molecule has 0 unspecified atom stereocenters. The Morgan fingerprint density at radius 2 is 1.52 bits per heavy atom. The van der Waals surface area contributed by atoms with Crippen molar-refractivity contribution in [3.8, 4) is 0 Å². The maximum absolute atomic E-state index is 14.2. The van der Waals surface area contributed by atoms with E-state index in [2.05, 4.69) is 51.7 Å². The molecule has 6 N–H and O–H groups in total. The summed E-state index contributed by atoms with van der Waals surface area (Å²) in [6.07, 6.45) is 3.06. The number of anilines is 2. The molecule has 1 atom stereocenters. The van der Waals surface area contributed by atoms with E-state index < -0.39 is 60.4 Å². The van der Waals surface area contributed by atoms with Gasteiger partial charge in [-0.1, -0.05) is 61.4 Å². The molecule has 0 spiro atoms. The molecule has 69 heavy (non-hydrogen) atoms. The minimum Gasteiger partial charge on any atom is -0.380 e. The molecule has 14 nitrogen and oxygen atoms in total. The van der Waals surface area contributed by atoms with Crippen LogP contribution in [0.2, 0.25) is 5.02 Å². The standard InChI is InChI=1S/C47H59ClF3N6O8PS3/c1-46(2)20-18-42(34-8-12-37(48)13-9-34)36(31-46)32-56-25-27-57(28-26-56)39-14-10-35(11-15-39)45(58)55-69(64,65)41-16-17-43(44(30-41)68(62,63)47(49,50)51)54-38(33-67-40-6-4-3-5-7-40)19-21-52-22-23-53-24-29-66(59,60)61/h3-17,30,38,52-54H,18-29,31-33H2,1-2H3,(H,55,58)(H2,59,60,61)/t38-/m1/s1. The van der Waals surface area contributed by atoms with Crippen molar-refractivity contribution in [2.24, 2.45) is 5.41 Å². The van der Waals surface area contributed by atoms with E-state index in [1.807, 2.05) is 47.2 Å². The van der Waals surface area contributed by atoms with E-state index in [0.717, 1.165) is 61.6 Å². The van der Waals surface area contributed by atoms with Crippen LogP contribution in [0.5, 0.6) is 0 Å². The van der Waals surface area contributed by atoms with E-state index >= 15 is 0 Å². The van der Waals surface area contributed by atoms with Gasteiger partial charge in [-0.3, -0.25) is 14.3 Å². The summed E-state index contributed by atoms with van der Waals surface area (Å²) >= 11 is 7.55. The normalized spacial score (nSPS) is 16.6. The van der Waals surface area contributed by atoms with Crippen molar-refractivity contribution in [3.63, 3.8) is 0 Å². The van der Waals surface area contributed by atoms with Gasteiger partial charge in [-0.25, -0.2) is 21.6 Å². The summed E-state index contributed by atoms with van der Waals surface area (Å²) in [5.74, 6) is -0.789. The number of halogens is 4. The van der Waals surface area contributed by atoms with Crippen LogP contribution in [0.3, 0.4) is 0 Å². The van der Waals surface area contributed by atoms with E-state index in [-0.39, 0.29) is 35.9 Å². The van der Waals surface area contributed by atoms with Crippen molar-refractivity contribution in [3.05, 3.63) is 119 Å². The first-order valence-electron chi connectivity index (χ1n) is 22.5. The highest BCUT2D eigenvalue weighted by Gasteiger charge is 2.48. The fourth-order valence-electron chi connectivity index (χ4n) is 8.26. The van der Waals surface area contributed by atoms with E-state index in [1.165, 1.54) is 40.6 Å². The molecule has 1 heterocycles. The Bertz CT molecular complexity index is 2690. The first kappa shape index (κ1) is 54.4. The number of hydrogen-bond donors (Lipinski definition) is 6. The summed E-state index contributed by atoms with van der Waals surface area (Å²) in [5, 5.41) is 9.63. The molecular formula is C47H59ClF3N6O8PS3. The van der Waals surface area contributed by atoms with Gasteiger partial charge in [0.2, 0.25) is 0 Å². The quantitative estimate of drug-likeness (QED) is 0.0253. The topological polar surface area (TPSA) is 197 Å². The third kappa shape index (κ3) is 15.8. The fourth-order valence-corrected chi connectivity index (χ4v) is 11.8. The maximum Gasteiger partial charge on any atom is 0.501 e. The van der Waals surface area contributed by atoms with Gasteiger partial charge in [-0.2, -0.15) is 13.2 Å². The van der Waals surface area contributed by atoms with Crippen molar-refractivity contribution in [1.29, 1.82) is 0 Å². The van der Waals surface area contributed by atoms with Crippen LogP contribution >= 0.6 is 31.0 Å². The monoisotopic (exact) mass is 1050 g/mol. The van der Waals surface area contributed by atoms with E-state index in [1.54, 1.807) is 12.1 Å². The molecule has 1 saturated heterocycles. The van der Waals surface area contributed by atoms with Crippen LogP contribution < -0.4 is 25.6 Å². The number of sulfone groups is 1. The predicted molar refractivity (Wildman–Crippen MR) is 267 cm³/mol. The van der Waals surface area contributed by atoms with Crippen LogP contribution in [-0.4, -0.2) is 120 Å². The molecule has 376 valence electrons. The first-order chi connectivity index (χ1) is 32.5. The summed E-state index contributed by atoms with van der Waals surface area (Å²) < 4.78 is 109. The number of nitrogens with zero attached hydrogens (tertiary/aromatic N) is 2. The second kappa shape index (κ2) is 23.5. The van der Waals surface area contributed by atoms with Crippen LogP contribution in [0.1, 0.15) is 55.5 Å². The number of amides is 1. The number of nitrogens with one attached hydrogen (secondary N) is 4. The van der Waals surface area contributed by atoms with Crippen molar-refractivity contribution >= 4 is 73.7 Å². The third-order valence-corrected chi connectivity index (χ3v) is 17.1. The van der Waals surface area contributed by atoms with Crippen molar-refractivity contribution in [1.82, 2.24) is 20.3 Å². The van der Waals surface area contributed by atoms with Crippen LogP contribution in [0, 0.1) is 5.41 Å². The highest BCUT2D eigenvalue weighted by molar-refractivity contribution is 7.99. The van der Waals surface area contributed by atoms with Crippen LogP contribution in [0.15, 0.2) is 117 Å². The molecule has 4 aromatic rings. The molecule has 4 aromatic carbocycles. The Morgan fingerprint density at radius 1 is 0.870 bits per heavy atom. The number of carbonyl (C=O) groups is 1. The second-order valence-electron chi connectivity index (χ2n) is 17.9. The van der Waals surface area contributed by atoms with Gasteiger partial charge in [0, 0.05) is 85.3 Å². The molecule has 2 aliphatic rings. The van der Waals surface area contributed by atoms with Gasteiger partial charge in [-0.15, -0.1) is 11.8 Å². The molecule has 0 radical (unpaired) electrons. The highest BCUT2D eigenvalue weighted by Crippen LogP contribution is 2.43. The molecule has 0 aromatic heterocycles. The highest BCUT2D eigenvalue weighted by atomic mass is 35.5. The number of sulfonamides is 1. The first-order valence-corrected chi connectivity index (χ1v) is 28.6. The van der Waals surface area contributed by atoms with Crippen LogP contribution in [0.4, 0.5) is 24.5 Å². The second-order valence-corrected chi connectivity index (χ2v) is 24.8. The average Bonchev–Trinajstić information content (AvgIpc) is 3.29. The largest absolute Gasteiger partial charge is 0.501 e. The summed E-state index contributed by atoms with van der Waals surface area (Å²) in [6, 6.07) is 25.1. The molecule has 1 aliphatic carbocycles. The molecular weight excluding hydrogens is 996 g/mol. The zero-order chi connectivity index (χ0) is 50.0. The average molecular weight is 1060 g/mol. The van der Waals surface area contributed by atoms with Crippen LogP contribution in [-0.2, 0) is 24.4 Å². The Kier molecular flexibility index (Phi) is 18.5. The van der Waals surface area contributed by atoms with Crippen molar-refractivity contribution in [2.45, 2.75) is 65.8 Å².